The minimum absolute atomic E-state index is 0.0316. The van der Waals surface area contributed by atoms with Crippen LogP contribution in [0.4, 0.5) is 10.5 Å². The molecule has 1 aliphatic rings. The number of likely N-dealkylation sites (tertiary alicyclic amines) is 1. The smallest absolute Gasteiger partial charge is 0.319 e. The Morgan fingerprint density at radius 2 is 2.10 bits per heavy atom. The maximum atomic E-state index is 12.7. The fourth-order valence-corrected chi connectivity index (χ4v) is 4.20. The highest BCUT2D eigenvalue weighted by Crippen LogP contribution is 2.23. The molecule has 2 amide bonds. The van der Waals surface area contributed by atoms with Crippen molar-refractivity contribution >= 4 is 22.8 Å². The third kappa shape index (κ3) is 6.51. The fourth-order valence-electron chi connectivity index (χ4n) is 4.20. The van der Waals surface area contributed by atoms with Crippen LogP contribution in [0.1, 0.15) is 51.9 Å². The van der Waals surface area contributed by atoms with Gasteiger partial charge < -0.3 is 20.5 Å². The highest BCUT2D eigenvalue weighted by Gasteiger charge is 2.28. The Morgan fingerprint density at radius 1 is 1.26 bits per heavy atom. The van der Waals surface area contributed by atoms with Gasteiger partial charge in [0.15, 0.2) is 0 Å². The van der Waals surface area contributed by atoms with E-state index in [0.717, 1.165) is 25.9 Å². The summed E-state index contributed by atoms with van der Waals surface area (Å²) in [5.41, 5.74) is 1.86. The first-order valence-electron chi connectivity index (χ1n) is 11.4. The number of pyridine rings is 2. The number of piperidine rings is 1. The van der Waals surface area contributed by atoms with E-state index in [1.807, 2.05) is 6.07 Å². The maximum Gasteiger partial charge on any atom is 0.319 e. The Morgan fingerprint density at radius 3 is 2.87 bits per heavy atom. The molecule has 0 spiro atoms. The standard InChI is InChI=1S/C23H35N5O3/c1-3-4-5-6-7-13-28-14-11-17(15-18(28)16-29)25-23(30)26-20-10-12-24-19-8-9-21(31-2)27-22(19)20/h8-10,12,17-18,29H,3-7,11,13-16H2,1-2H3,(H2,24,25,26,30). The van der Waals surface area contributed by atoms with Crippen LogP contribution in [0.5, 0.6) is 5.88 Å². The molecule has 0 aliphatic carbocycles. The Labute approximate surface area is 184 Å². The number of urea groups is 1. The average molecular weight is 430 g/mol. The van der Waals surface area contributed by atoms with Gasteiger partial charge in [-0.15, -0.1) is 0 Å². The number of hydrogen-bond acceptors (Lipinski definition) is 6. The third-order valence-electron chi connectivity index (χ3n) is 5.95. The van der Waals surface area contributed by atoms with Gasteiger partial charge in [-0.3, -0.25) is 9.88 Å². The number of rotatable bonds is 10. The molecule has 0 radical (unpaired) electrons. The summed E-state index contributed by atoms with van der Waals surface area (Å²) in [5.74, 6) is 0.469. The lowest BCUT2D eigenvalue weighted by molar-refractivity contribution is 0.0754. The second kappa shape index (κ2) is 11.8. The number of ether oxygens (including phenoxy) is 1. The number of carbonyl (C=O) groups excluding carboxylic acids is 1. The van der Waals surface area contributed by atoms with Gasteiger partial charge in [0.1, 0.15) is 5.52 Å². The van der Waals surface area contributed by atoms with Gasteiger partial charge in [-0.25, -0.2) is 9.78 Å². The minimum Gasteiger partial charge on any atom is -0.481 e. The quantitative estimate of drug-likeness (QED) is 0.500. The molecule has 2 aromatic rings. The number of aliphatic hydroxyl groups is 1. The zero-order valence-electron chi connectivity index (χ0n) is 18.6. The molecular weight excluding hydrogens is 394 g/mol. The molecule has 31 heavy (non-hydrogen) atoms. The summed E-state index contributed by atoms with van der Waals surface area (Å²) in [4.78, 5) is 23.7. The number of aromatic nitrogens is 2. The number of carbonyl (C=O) groups is 1. The topological polar surface area (TPSA) is 99.6 Å². The lowest BCUT2D eigenvalue weighted by atomic mass is 9.97. The van der Waals surface area contributed by atoms with E-state index in [4.69, 9.17) is 4.74 Å². The van der Waals surface area contributed by atoms with Gasteiger partial charge in [0.2, 0.25) is 5.88 Å². The molecular formula is C23H35N5O3. The second-order valence-corrected chi connectivity index (χ2v) is 8.19. The number of aliphatic hydroxyl groups excluding tert-OH is 1. The normalized spacial score (nSPS) is 19.3. The zero-order chi connectivity index (χ0) is 22.1. The van der Waals surface area contributed by atoms with Crippen molar-refractivity contribution < 1.29 is 14.6 Å². The van der Waals surface area contributed by atoms with Crippen LogP contribution < -0.4 is 15.4 Å². The zero-order valence-corrected chi connectivity index (χ0v) is 18.6. The van der Waals surface area contributed by atoms with E-state index >= 15 is 0 Å². The number of unbranched alkanes of at least 4 members (excludes halogenated alkanes) is 4. The summed E-state index contributed by atoms with van der Waals surface area (Å²) in [7, 11) is 1.56. The summed E-state index contributed by atoms with van der Waals surface area (Å²) < 4.78 is 5.19. The highest BCUT2D eigenvalue weighted by molar-refractivity contribution is 5.98. The van der Waals surface area contributed by atoms with E-state index in [1.54, 1.807) is 25.4 Å². The number of anilines is 1. The van der Waals surface area contributed by atoms with Gasteiger partial charge in [0.05, 0.1) is 24.9 Å². The number of methoxy groups -OCH3 is 1. The summed E-state index contributed by atoms with van der Waals surface area (Å²) in [6, 6.07) is 5.14. The molecule has 0 aromatic carbocycles. The largest absolute Gasteiger partial charge is 0.481 e. The molecule has 3 N–H and O–H groups in total. The first-order valence-corrected chi connectivity index (χ1v) is 11.4. The number of nitrogens with zero attached hydrogens (tertiary/aromatic N) is 3. The number of amides is 2. The van der Waals surface area contributed by atoms with Crippen LogP contribution >= 0.6 is 0 Å². The van der Waals surface area contributed by atoms with E-state index in [-0.39, 0.29) is 24.7 Å². The van der Waals surface area contributed by atoms with Crippen molar-refractivity contribution in [2.45, 2.75) is 64.0 Å². The Balaban J connectivity index is 1.53. The number of fused-ring (bicyclic) bond motifs is 1. The maximum absolute atomic E-state index is 12.7. The van der Waals surface area contributed by atoms with Crippen LogP contribution in [0.25, 0.3) is 11.0 Å². The molecule has 170 valence electrons. The van der Waals surface area contributed by atoms with Gasteiger partial charge in [0, 0.05) is 30.9 Å². The van der Waals surface area contributed by atoms with Gasteiger partial charge in [-0.2, -0.15) is 0 Å². The van der Waals surface area contributed by atoms with Crippen LogP contribution in [0, 0.1) is 0 Å². The van der Waals surface area contributed by atoms with E-state index in [2.05, 4.69) is 32.4 Å². The number of hydrogen-bond donors (Lipinski definition) is 3. The SMILES string of the molecule is CCCCCCCN1CCC(NC(=O)Nc2ccnc3ccc(OC)nc23)CC1CO. The first-order chi connectivity index (χ1) is 15.1. The highest BCUT2D eigenvalue weighted by atomic mass is 16.5. The first kappa shape index (κ1) is 23.2. The third-order valence-corrected chi connectivity index (χ3v) is 5.95. The van der Waals surface area contributed by atoms with Crippen molar-refractivity contribution in [1.82, 2.24) is 20.2 Å². The molecule has 1 fully saturated rings. The predicted molar refractivity (Wildman–Crippen MR) is 122 cm³/mol. The van der Waals surface area contributed by atoms with E-state index in [0.29, 0.717) is 22.6 Å². The minimum atomic E-state index is -0.271. The summed E-state index contributed by atoms with van der Waals surface area (Å²) in [5, 5.41) is 15.8. The van der Waals surface area contributed by atoms with Crippen molar-refractivity contribution in [1.29, 1.82) is 0 Å². The monoisotopic (exact) mass is 429 g/mol. The Bertz CT molecular complexity index is 847. The Hall–Kier alpha value is -2.45. The lowest BCUT2D eigenvalue weighted by Crippen LogP contribution is -2.52. The molecule has 8 nitrogen and oxygen atoms in total. The lowest BCUT2D eigenvalue weighted by Gasteiger charge is -2.39. The van der Waals surface area contributed by atoms with Crippen molar-refractivity contribution in [3.63, 3.8) is 0 Å². The van der Waals surface area contributed by atoms with E-state index in [9.17, 15) is 9.90 Å². The molecule has 3 heterocycles. The molecule has 0 bridgehead atoms. The summed E-state index contributed by atoms with van der Waals surface area (Å²) >= 11 is 0. The van der Waals surface area contributed by atoms with Crippen LogP contribution in [0.15, 0.2) is 24.4 Å². The second-order valence-electron chi connectivity index (χ2n) is 8.19. The van der Waals surface area contributed by atoms with Gasteiger partial charge in [0.25, 0.3) is 0 Å². The van der Waals surface area contributed by atoms with E-state index < -0.39 is 0 Å². The van der Waals surface area contributed by atoms with Crippen LogP contribution in [0.2, 0.25) is 0 Å². The summed E-state index contributed by atoms with van der Waals surface area (Å²) in [6.07, 6.45) is 9.50. The van der Waals surface area contributed by atoms with Crippen LogP contribution in [0.3, 0.4) is 0 Å². The number of nitrogens with one attached hydrogen (secondary N) is 2. The average Bonchev–Trinajstić information content (AvgIpc) is 2.79. The van der Waals surface area contributed by atoms with Gasteiger partial charge in [-0.05, 0) is 37.9 Å². The van der Waals surface area contributed by atoms with Crippen LogP contribution in [-0.4, -0.2) is 64.9 Å². The molecule has 0 saturated carbocycles. The molecule has 8 heteroatoms. The van der Waals surface area contributed by atoms with Crippen molar-refractivity contribution in [2.24, 2.45) is 0 Å². The molecule has 3 rings (SSSR count). The molecule has 2 atom stereocenters. The van der Waals surface area contributed by atoms with Crippen molar-refractivity contribution in [2.75, 3.05) is 32.1 Å². The Kier molecular flexibility index (Phi) is 8.85. The molecule has 1 aliphatic heterocycles. The van der Waals surface area contributed by atoms with Crippen molar-refractivity contribution in [3.05, 3.63) is 24.4 Å². The predicted octanol–water partition coefficient (Wildman–Crippen LogP) is 3.56. The summed E-state index contributed by atoms with van der Waals surface area (Å²) in [6.45, 7) is 4.25. The van der Waals surface area contributed by atoms with Gasteiger partial charge in [-0.1, -0.05) is 32.6 Å². The van der Waals surface area contributed by atoms with E-state index in [1.165, 1.54) is 32.1 Å². The fraction of sp³-hybridized carbons (Fsp3) is 0.609. The van der Waals surface area contributed by atoms with Gasteiger partial charge >= 0.3 is 6.03 Å². The molecule has 2 aromatic heterocycles. The molecule has 1 saturated heterocycles. The molecule has 2 unspecified atom stereocenters. The van der Waals surface area contributed by atoms with Crippen molar-refractivity contribution in [3.8, 4) is 5.88 Å². The van der Waals surface area contributed by atoms with Crippen LogP contribution in [-0.2, 0) is 0 Å².